The number of aryl methyl sites for hydroxylation is 1. The lowest BCUT2D eigenvalue weighted by atomic mass is 10.0. The zero-order valence-electron chi connectivity index (χ0n) is 24.2. The summed E-state index contributed by atoms with van der Waals surface area (Å²) in [6, 6.07) is 33.0. The number of hydrogen-bond donors (Lipinski definition) is 1. The predicted molar refractivity (Wildman–Crippen MR) is 166 cm³/mol. The number of amides is 2. The Morgan fingerprint density at radius 1 is 0.738 bits per heavy atom. The van der Waals surface area contributed by atoms with Crippen molar-refractivity contribution in [3.63, 3.8) is 0 Å². The van der Waals surface area contributed by atoms with E-state index in [0.29, 0.717) is 11.3 Å². The maximum Gasteiger partial charge on any atom is 0.264 e. The largest absolute Gasteiger partial charge is 0.352 e. The van der Waals surface area contributed by atoms with E-state index in [4.69, 9.17) is 0 Å². The molecule has 0 aliphatic heterocycles. The van der Waals surface area contributed by atoms with Crippen LogP contribution in [0.2, 0.25) is 0 Å². The number of benzene rings is 4. The molecule has 4 rings (SSSR count). The van der Waals surface area contributed by atoms with E-state index in [0.717, 1.165) is 15.4 Å². The van der Waals surface area contributed by atoms with Gasteiger partial charge in [0, 0.05) is 19.0 Å². The average Bonchev–Trinajstić information content (AvgIpc) is 2.99. The Hall–Kier alpha value is -4.43. The first-order valence-corrected chi connectivity index (χ1v) is 15.4. The molecule has 1 atom stereocenters. The highest BCUT2D eigenvalue weighted by Gasteiger charge is 2.35. The molecule has 8 heteroatoms. The molecule has 0 saturated carbocycles. The fourth-order valence-electron chi connectivity index (χ4n) is 4.79. The Labute approximate surface area is 248 Å². The van der Waals surface area contributed by atoms with Crippen LogP contribution in [-0.4, -0.2) is 43.8 Å². The van der Waals surface area contributed by atoms with E-state index < -0.39 is 28.5 Å². The number of carbonyl (C=O) groups is 2. The third kappa shape index (κ3) is 7.64. The lowest BCUT2D eigenvalue weighted by molar-refractivity contribution is -0.140. The molecule has 1 N–H and O–H groups in total. The fraction of sp³-hybridized carbons (Fsp3) is 0.235. The lowest BCUT2D eigenvalue weighted by Gasteiger charge is -2.34. The lowest BCUT2D eigenvalue weighted by Crippen LogP contribution is -2.54. The quantitative estimate of drug-likeness (QED) is 0.244. The monoisotopic (exact) mass is 583 g/mol. The molecule has 0 bridgehead atoms. The summed E-state index contributed by atoms with van der Waals surface area (Å²) >= 11 is 0. The second-order valence-corrected chi connectivity index (χ2v) is 12.3. The third-order valence-electron chi connectivity index (χ3n) is 6.89. The number of para-hydroxylation sites is 1. The number of rotatable bonds is 12. The number of sulfonamides is 1. The third-order valence-corrected chi connectivity index (χ3v) is 8.67. The average molecular weight is 584 g/mol. The van der Waals surface area contributed by atoms with E-state index in [-0.39, 0.29) is 29.8 Å². The summed E-state index contributed by atoms with van der Waals surface area (Å²) in [6.45, 7) is 5.20. The van der Waals surface area contributed by atoms with Crippen LogP contribution in [0.1, 0.15) is 30.5 Å². The molecule has 2 amide bonds. The Bertz CT molecular complexity index is 1580. The summed E-state index contributed by atoms with van der Waals surface area (Å²) in [7, 11) is -4.12. The number of hydrogen-bond acceptors (Lipinski definition) is 4. The van der Waals surface area contributed by atoms with Gasteiger partial charge < -0.3 is 10.2 Å². The summed E-state index contributed by atoms with van der Waals surface area (Å²) in [5, 5.41) is 2.97. The molecule has 0 spiro atoms. The molecule has 0 saturated heterocycles. The van der Waals surface area contributed by atoms with Crippen molar-refractivity contribution < 1.29 is 18.0 Å². The van der Waals surface area contributed by atoms with Gasteiger partial charge in [0.15, 0.2) is 0 Å². The van der Waals surface area contributed by atoms with Gasteiger partial charge >= 0.3 is 0 Å². The minimum absolute atomic E-state index is 0.0778. The maximum atomic E-state index is 14.4. The van der Waals surface area contributed by atoms with Gasteiger partial charge in [0.25, 0.3) is 10.0 Å². The van der Waals surface area contributed by atoms with Crippen LogP contribution in [0, 0.1) is 6.92 Å². The number of carbonyl (C=O) groups excluding carboxylic acids is 2. The Morgan fingerprint density at radius 2 is 1.26 bits per heavy atom. The van der Waals surface area contributed by atoms with E-state index in [9.17, 15) is 18.0 Å². The van der Waals surface area contributed by atoms with Crippen LogP contribution in [0.15, 0.2) is 120 Å². The molecular formula is C34H37N3O4S. The van der Waals surface area contributed by atoms with Crippen molar-refractivity contribution in [2.45, 2.75) is 50.7 Å². The Kier molecular flexibility index (Phi) is 10.1. The standard InChI is InChI=1S/C34H37N3O4S/c1-26(2)35-34(39)32(23-28-16-7-4-8-17-28)36(24-29-18-9-5-10-19-29)33(38)25-37(31-22-14-13-15-27(31)3)42(40,41)30-20-11-6-12-21-30/h4-22,26,32H,23-25H2,1-3H3,(H,35,39)/t32-/m0/s1. The minimum atomic E-state index is -4.12. The van der Waals surface area contributed by atoms with Gasteiger partial charge in [0.1, 0.15) is 12.6 Å². The summed E-state index contributed by atoms with van der Waals surface area (Å²) in [6.07, 6.45) is 0.272. The van der Waals surface area contributed by atoms with Crippen LogP contribution in [0.3, 0.4) is 0 Å². The molecule has 0 heterocycles. The van der Waals surface area contributed by atoms with Crippen LogP contribution in [0.4, 0.5) is 5.69 Å². The number of anilines is 1. The van der Waals surface area contributed by atoms with E-state index in [2.05, 4.69) is 5.32 Å². The highest BCUT2D eigenvalue weighted by atomic mass is 32.2. The second kappa shape index (κ2) is 14.0. The van der Waals surface area contributed by atoms with Gasteiger partial charge in [-0.1, -0.05) is 97.1 Å². The molecule has 0 aromatic heterocycles. The van der Waals surface area contributed by atoms with E-state index in [1.54, 1.807) is 30.3 Å². The van der Waals surface area contributed by atoms with Gasteiger partial charge in [-0.25, -0.2) is 8.42 Å². The molecule has 4 aromatic rings. The molecule has 0 aliphatic carbocycles. The van der Waals surface area contributed by atoms with Gasteiger partial charge in [-0.05, 0) is 55.7 Å². The van der Waals surface area contributed by atoms with Crippen LogP contribution in [0.5, 0.6) is 0 Å². The van der Waals surface area contributed by atoms with E-state index >= 15 is 0 Å². The molecule has 0 fully saturated rings. The van der Waals surface area contributed by atoms with Gasteiger partial charge in [-0.2, -0.15) is 0 Å². The first kappa shape index (κ1) is 30.5. The van der Waals surface area contributed by atoms with Crippen LogP contribution >= 0.6 is 0 Å². The van der Waals surface area contributed by atoms with Crippen molar-refractivity contribution in [2.24, 2.45) is 0 Å². The van der Waals surface area contributed by atoms with Gasteiger partial charge in [-0.3, -0.25) is 13.9 Å². The summed E-state index contributed by atoms with van der Waals surface area (Å²) in [4.78, 5) is 29.7. The fourth-order valence-corrected chi connectivity index (χ4v) is 6.29. The zero-order chi connectivity index (χ0) is 30.1. The first-order chi connectivity index (χ1) is 20.2. The van der Waals surface area contributed by atoms with Crippen molar-refractivity contribution in [3.8, 4) is 0 Å². The van der Waals surface area contributed by atoms with Crippen molar-refractivity contribution in [1.82, 2.24) is 10.2 Å². The highest BCUT2D eigenvalue weighted by Crippen LogP contribution is 2.27. The topological polar surface area (TPSA) is 86.8 Å². The Balaban J connectivity index is 1.79. The predicted octanol–water partition coefficient (Wildman–Crippen LogP) is 5.36. The molecule has 0 radical (unpaired) electrons. The van der Waals surface area contributed by atoms with Crippen LogP contribution in [0.25, 0.3) is 0 Å². The van der Waals surface area contributed by atoms with Gasteiger partial charge in [-0.15, -0.1) is 0 Å². The van der Waals surface area contributed by atoms with E-state index in [1.165, 1.54) is 17.0 Å². The molecule has 4 aromatic carbocycles. The normalized spacial score (nSPS) is 12.0. The highest BCUT2D eigenvalue weighted by molar-refractivity contribution is 7.92. The maximum absolute atomic E-state index is 14.4. The van der Waals surface area contributed by atoms with Crippen molar-refractivity contribution >= 4 is 27.5 Å². The second-order valence-electron chi connectivity index (χ2n) is 10.5. The van der Waals surface area contributed by atoms with Crippen molar-refractivity contribution in [2.75, 3.05) is 10.8 Å². The molecule has 0 aliphatic rings. The molecule has 42 heavy (non-hydrogen) atoms. The van der Waals surface area contributed by atoms with E-state index in [1.807, 2.05) is 93.6 Å². The first-order valence-electron chi connectivity index (χ1n) is 14.0. The zero-order valence-corrected chi connectivity index (χ0v) is 25.0. The SMILES string of the molecule is Cc1ccccc1N(CC(=O)N(Cc1ccccc1)[C@@H](Cc1ccccc1)C(=O)NC(C)C)S(=O)(=O)c1ccccc1. The molecular weight excluding hydrogens is 546 g/mol. The van der Waals surface area contributed by atoms with Gasteiger partial charge in [0.05, 0.1) is 10.6 Å². The van der Waals surface area contributed by atoms with Crippen LogP contribution in [-0.2, 0) is 32.6 Å². The van der Waals surface area contributed by atoms with Crippen LogP contribution < -0.4 is 9.62 Å². The van der Waals surface area contributed by atoms with Gasteiger partial charge in [0.2, 0.25) is 11.8 Å². The minimum Gasteiger partial charge on any atom is -0.352 e. The molecule has 0 unspecified atom stereocenters. The molecule has 218 valence electrons. The summed E-state index contributed by atoms with van der Waals surface area (Å²) in [5.41, 5.74) is 2.83. The summed E-state index contributed by atoms with van der Waals surface area (Å²) in [5.74, 6) is -0.784. The number of nitrogens with zero attached hydrogens (tertiary/aromatic N) is 2. The van der Waals surface area contributed by atoms with Crippen molar-refractivity contribution in [3.05, 3.63) is 132 Å². The number of nitrogens with one attached hydrogen (secondary N) is 1. The molecule has 7 nitrogen and oxygen atoms in total. The summed E-state index contributed by atoms with van der Waals surface area (Å²) < 4.78 is 29.2. The Morgan fingerprint density at radius 3 is 1.83 bits per heavy atom. The van der Waals surface area contributed by atoms with Crippen molar-refractivity contribution in [1.29, 1.82) is 0 Å². The smallest absolute Gasteiger partial charge is 0.264 e.